The Kier molecular flexibility index (Phi) is 6.01. The van der Waals surface area contributed by atoms with Gasteiger partial charge in [-0.05, 0) is 46.5 Å². The van der Waals surface area contributed by atoms with E-state index in [2.05, 4.69) is 0 Å². The van der Waals surface area contributed by atoms with Crippen LogP contribution in [0.5, 0.6) is 0 Å². The van der Waals surface area contributed by atoms with E-state index in [1.165, 1.54) is 0 Å². The molecule has 6 nitrogen and oxygen atoms in total. The molecule has 0 bridgehead atoms. The van der Waals surface area contributed by atoms with Gasteiger partial charge in [-0.2, -0.15) is 0 Å². The lowest BCUT2D eigenvalue weighted by atomic mass is 9.97. The van der Waals surface area contributed by atoms with Gasteiger partial charge in [0.1, 0.15) is 5.60 Å². The van der Waals surface area contributed by atoms with Crippen LogP contribution in [0.2, 0.25) is 0 Å². The molecule has 0 spiro atoms. The Morgan fingerprint density at radius 1 is 1.43 bits per heavy atom. The summed E-state index contributed by atoms with van der Waals surface area (Å²) in [4.78, 5) is 27.3. The first-order valence-corrected chi connectivity index (χ1v) is 7.58. The van der Waals surface area contributed by atoms with Gasteiger partial charge in [0.25, 0.3) is 0 Å². The molecule has 6 heteroatoms. The minimum Gasteiger partial charge on any atom is -0.444 e. The maximum Gasteiger partial charge on any atom is 0.410 e. The van der Waals surface area contributed by atoms with Crippen molar-refractivity contribution in [2.45, 2.75) is 52.2 Å². The zero-order valence-corrected chi connectivity index (χ0v) is 13.9. The topological polar surface area (TPSA) is 75.9 Å². The van der Waals surface area contributed by atoms with E-state index in [1.54, 1.807) is 23.8 Å². The highest BCUT2D eigenvalue weighted by Crippen LogP contribution is 2.20. The van der Waals surface area contributed by atoms with Crippen molar-refractivity contribution in [3.05, 3.63) is 0 Å². The normalized spacial score (nSPS) is 20.9. The molecule has 0 unspecified atom stereocenters. The van der Waals surface area contributed by atoms with Crippen molar-refractivity contribution in [3.8, 4) is 0 Å². The summed E-state index contributed by atoms with van der Waals surface area (Å²) >= 11 is 0. The number of likely N-dealkylation sites (tertiary alicyclic amines) is 1. The molecule has 0 aromatic rings. The number of likely N-dealkylation sites (N-methyl/N-ethyl adjacent to an activating group) is 1. The van der Waals surface area contributed by atoms with Gasteiger partial charge in [-0.1, -0.05) is 0 Å². The fraction of sp³-hybridized carbons (Fsp3) is 0.867. The Labute approximate surface area is 127 Å². The summed E-state index contributed by atoms with van der Waals surface area (Å²) in [6, 6.07) is -0.486. The first-order chi connectivity index (χ1) is 9.60. The first-order valence-electron chi connectivity index (χ1n) is 7.58. The van der Waals surface area contributed by atoms with E-state index in [-0.39, 0.29) is 17.9 Å². The van der Waals surface area contributed by atoms with Crippen LogP contribution >= 0.6 is 0 Å². The molecule has 1 fully saturated rings. The summed E-state index contributed by atoms with van der Waals surface area (Å²) < 4.78 is 5.40. The molecule has 1 saturated heterocycles. The molecule has 0 aromatic heterocycles. The van der Waals surface area contributed by atoms with E-state index in [9.17, 15) is 9.59 Å². The molecule has 2 amide bonds. The average molecular weight is 299 g/mol. The maximum absolute atomic E-state index is 12.1. The standard InChI is InChI=1S/C15H29N3O3/c1-11(16)13(19)17(5)9-12-7-6-8-18(10-12)14(20)21-15(2,3)4/h11-12H,6-10,16H2,1-5H3/t11-,12+/m0/s1. The third-order valence-corrected chi connectivity index (χ3v) is 3.47. The predicted molar refractivity (Wildman–Crippen MR) is 81.8 cm³/mol. The second-order valence-corrected chi connectivity index (χ2v) is 6.94. The molecule has 0 aliphatic carbocycles. The van der Waals surface area contributed by atoms with Crippen molar-refractivity contribution in [3.63, 3.8) is 0 Å². The number of rotatable bonds is 3. The fourth-order valence-electron chi connectivity index (χ4n) is 2.53. The number of carbonyl (C=O) groups excluding carboxylic acids is 2. The van der Waals surface area contributed by atoms with Crippen molar-refractivity contribution in [1.29, 1.82) is 0 Å². The lowest BCUT2D eigenvalue weighted by Crippen LogP contribution is -2.47. The maximum atomic E-state index is 12.1. The van der Waals surface area contributed by atoms with E-state index in [0.717, 1.165) is 19.4 Å². The Morgan fingerprint density at radius 3 is 2.57 bits per heavy atom. The van der Waals surface area contributed by atoms with Gasteiger partial charge in [0, 0.05) is 26.7 Å². The van der Waals surface area contributed by atoms with E-state index in [0.29, 0.717) is 13.1 Å². The zero-order chi connectivity index (χ0) is 16.2. The highest BCUT2D eigenvalue weighted by atomic mass is 16.6. The number of amides is 2. The fourth-order valence-corrected chi connectivity index (χ4v) is 2.53. The monoisotopic (exact) mass is 299 g/mol. The van der Waals surface area contributed by atoms with Crippen molar-refractivity contribution >= 4 is 12.0 Å². The minimum absolute atomic E-state index is 0.0654. The predicted octanol–water partition coefficient (Wildman–Crippen LogP) is 1.44. The molecule has 2 N–H and O–H groups in total. The summed E-state index contributed by atoms with van der Waals surface area (Å²) in [5.74, 6) is 0.211. The van der Waals surface area contributed by atoms with Crippen LogP contribution in [0.25, 0.3) is 0 Å². The largest absolute Gasteiger partial charge is 0.444 e. The number of nitrogens with two attached hydrogens (primary N) is 1. The van der Waals surface area contributed by atoms with Crippen LogP contribution in [0.1, 0.15) is 40.5 Å². The lowest BCUT2D eigenvalue weighted by molar-refractivity contribution is -0.131. The molecule has 1 heterocycles. The van der Waals surface area contributed by atoms with Crippen LogP contribution in [0.15, 0.2) is 0 Å². The quantitative estimate of drug-likeness (QED) is 0.855. The van der Waals surface area contributed by atoms with Gasteiger partial charge in [0.2, 0.25) is 5.91 Å². The highest BCUT2D eigenvalue weighted by Gasteiger charge is 2.29. The van der Waals surface area contributed by atoms with Gasteiger partial charge >= 0.3 is 6.09 Å². The lowest BCUT2D eigenvalue weighted by Gasteiger charge is -2.35. The van der Waals surface area contributed by atoms with Crippen molar-refractivity contribution < 1.29 is 14.3 Å². The van der Waals surface area contributed by atoms with Crippen LogP contribution in [-0.2, 0) is 9.53 Å². The first kappa shape index (κ1) is 17.8. The van der Waals surface area contributed by atoms with Crippen LogP contribution < -0.4 is 5.73 Å². The molecular weight excluding hydrogens is 270 g/mol. The summed E-state index contributed by atoms with van der Waals surface area (Å²) in [7, 11) is 1.76. The van der Waals surface area contributed by atoms with Crippen LogP contribution in [0, 0.1) is 5.92 Å². The Bertz CT molecular complexity index is 377. The van der Waals surface area contributed by atoms with E-state index in [1.807, 2.05) is 20.8 Å². The molecule has 0 radical (unpaired) electrons. The summed E-state index contributed by atoms with van der Waals surface area (Å²) in [6.07, 6.45) is 1.67. The van der Waals surface area contributed by atoms with Gasteiger partial charge in [-0.25, -0.2) is 4.79 Å². The molecule has 1 aliphatic rings. The average Bonchev–Trinajstić information content (AvgIpc) is 2.35. The van der Waals surface area contributed by atoms with Crippen molar-refractivity contribution in [2.24, 2.45) is 11.7 Å². The smallest absolute Gasteiger partial charge is 0.410 e. The number of carbonyl (C=O) groups is 2. The number of hydrogen-bond acceptors (Lipinski definition) is 4. The van der Waals surface area contributed by atoms with Crippen LogP contribution in [0.4, 0.5) is 4.79 Å². The van der Waals surface area contributed by atoms with E-state index >= 15 is 0 Å². The second kappa shape index (κ2) is 7.11. The number of hydrogen-bond donors (Lipinski definition) is 1. The van der Waals surface area contributed by atoms with Crippen LogP contribution in [-0.4, -0.2) is 60.1 Å². The van der Waals surface area contributed by atoms with Gasteiger partial charge in [0.05, 0.1) is 6.04 Å². The van der Waals surface area contributed by atoms with Gasteiger partial charge in [0.15, 0.2) is 0 Å². The Hall–Kier alpha value is -1.30. The highest BCUT2D eigenvalue weighted by molar-refractivity contribution is 5.80. The molecule has 0 aromatic carbocycles. The van der Waals surface area contributed by atoms with Gasteiger partial charge in [-0.15, -0.1) is 0 Å². The summed E-state index contributed by atoms with van der Waals surface area (Å²) in [6.45, 7) is 9.25. The molecule has 0 saturated carbocycles. The second-order valence-electron chi connectivity index (χ2n) is 6.94. The number of piperidine rings is 1. The Balaban J connectivity index is 2.52. The third kappa shape index (κ3) is 5.91. The van der Waals surface area contributed by atoms with Crippen molar-refractivity contribution in [2.75, 3.05) is 26.7 Å². The molecule has 1 rings (SSSR count). The number of ether oxygens (including phenoxy) is 1. The van der Waals surface area contributed by atoms with Gasteiger partial charge in [-0.3, -0.25) is 4.79 Å². The van der Waals surface area contributed by atoms with Crippen molar-refractivity contribution in [1.82, 2.24) is 9.80 Å². The molecule has 1 aliphatic heterocycles. The Morgan fingerprint density at radius 2 is 2.05 bits per heavy atom. The number of nitrogens with zero attached hydrogens (tertiary/aromatic N) is 2. The van der Waals surface area contributed by atoms with E-state index in [4.69, 9.17) is 10.5 Å². The van der Waals surface area contributed by atoms with Crippen LogP contribution in [0.3, 0.4) is 0 Å². The van der Waals surface area contributed by atoms with E-state index < -0.39 is 11.6 Å². The molecule has 21 heavy (non-hydrogen) atoms. The molecule has 2 atom stereocenters. The molecule has 122 valence electrons. The van der Waals surface area contributed by atoms with Gasteiger partial charge < -0.3 is 20.3 Å². The summed E-state index contributed by atoms with van der Waals surface area (Å²) in [5.41, 5.74) is 5.13. The molecular formula is C15H29N3O3. The zero-order valence-electron chi connectivity index (χ0n) is 13.9. The summed E-state index contributed by atoms with van der Waals surface area (Å²) in [5, 5.41) is 0. The minimum atomic E-state index is -0.486. The SMILES string of the molecule is C[C@H](N)C(=O)N(C)C[C@H]1CCCN(C(=O)OC(C)(C)C)C1. The third-order valence-electron chi connectivity index (χ3n) is 3.47.